The van der Waals surface area contributed by atoms with Crippen LogP contribution in [-0.2, 0) is 0 Å². The van der Waals surface area contributed by atoms with Crippen molar-refractivity contribution in [1.82, 2.24) is 5.32 Å². The molecule has 0 bridgehead atoms. The number of halogens is 2. The summed E-state index contributed by atoms with van der Waals surface area (Å²) in [6.07, 6.45) is 1.18. The lowest BCUT2D eigenvalue weighted by Crippen LogP contribution is -2.33. The fraction of sp³-hybridized carbons (Fsp3) is 0.333. The van der Waals surface area contributed by atoms with Crippen molar-refractivity contribution < 1.29 is 0 Å². The third-order valence-corrected chi connectivity index (χ3v) is 5.98. The Balaban J connectivity index is 1.96. The summed E-state index contributed by atoms with van der Waals surface area (Å²) in [6, 6.07) is 10.4. The molecule has 2 atom stereocenters. The predicted octanol–water partition coefficient (Wildman–Crippen LogP) is 5.02. The fourth-order valence-corrected chi connectivity index (χ4v) is 4.90. The van der Waals surface area contributed by atoms with Crippen molar-refractivity contribution in [3.8, 4) is 0 Å². The Morgan fingerprint density at radius 1 is 1.26 bits per heavy atom. The van der Waals surface area contributed by atoms with Gasteiger partial charge in [-0.3, -0.25) is 0 Å². The molecule has 1 aliphatic rings. The van der Waals surface area contributed by atoms with Crippen LogP contribution in [0, 0.1) is 0 Å². The van der Waals surface area contributed by atoms with Gasteiger partial charge in [0.25, 0.3) is 0 Å². The highest BCUT2D eigenvalue weighted by Gasteiger charge is 2.29. The lowest BCUT2D eigenvalue weighted by Gasteiger charge is -2.32. The average Bonchev–Trinajstić information content (AvgIpc) is 2.85. The highest BCUT2D eigenvalue weighted by atomic mass is 79.9. The van der Waals surface area contributed by atoms with Gasteiger partial charge in [0.1, 0.15) is 0 Å². The van der Waals surface area contributed by atoms with Crippen molar-refractivity contribution in [3.05, 3.63) is 55.6 Å². The summed E-state index contributed by atoms with van der Waals surface area (Å²) in [5.74, 6) is 1.08. The number of rotatable bonds is 2. The Bertz CT molecular complexity index is 569. The second-order valence-electron chi connectivity index (χ2n) is 4.89. The fourth-order valence-electron chi connectivity index (χ4n) is 2.83. The van der Waals surface area contributed by atoms with E-state index in [1.807, 2.05) is 23.5 Å². The van der Waals surface area contributed by atoms with Crippen molar-refractivity contribution in [2.45, 2.75) is 18.3 Å². The average molecular weight is 357 g/mol. The Labute approximate surface area is 131 Å². The molecule has 19 heavy (non-hydrogen) atoms. The van der Waals surface area contributed by atoms with Gasteiger partial charge in [-0.1, -0.05) is 23.7 Å². The van der Waals surface area contributed by atoms with E-state index in [0.29, 0.717) is 11.8 Å². The lowest BCUT2D eigenvalue weighted by molar-refractivity contribution is 0.407. The molecule has 2 unspecified atom stereocenters. The largest absolute Gasteiger partial charge is 0.316 e. The molecule has 0 spiro atoms. The van der Waals surface area contributed by atoms with Crippen LogP contribution in [0.3, 0.4) is 0 Å². The number of benzene rings is 1. The van der Waals surface area contributed by atoms with Gasteiger partial charge in [-0.25, -0.2) is 0 Å². The van der Waals surface area contributed by atoms with Crippen molar-refractivity contribution in [1.29, 1.82) is 0 Å². The summed E-state index contributed by atoms with van der Waals surface area (Å²) in [4.78, 5) is 1.46. The minimum atomic E-state index is 0.502. The summed E-state index contributed by atoms with van der Waals surface area (Å²) < 4.78 is 1.25. The molecular weight excluding hydrogens is 342 g/mol. The van der Waals surface area contributed by atoms with Crippen LogP contribution in [-0.4, -0.2) is 13.1 Å². The zero-order valence-corrected chi connectivity index (χ0v) is 13.6. The minimum absolute atomic E-state index is 0.502. The normalized spacial score (nSPS) is 23.5. The highest BCUT2D eigenvalue weighted by Crippen LogP contribution is 2.43. The number of hydrogen-bond acceptors (Lipinski definition) is 2. The van der Waals surface area contributed by atoms with E-state index < -0.39 is 0 Å². The van der Waals surface area contributed by atoms with Gasteiger partial charge >= 0.3 is 0 Å². The molecule has 1 N–H and O–H groups in total. The van der Waals surface area contributed by atoms with E-state index >= 15 is 0 Å². The van der Waals surface area contributed by atoms with E-state index in [9.17, 15) is 0 Å². The van der Waals surface area contributed by atoms with Crippen molar-refractivity contribution in [2.75, 3.05) is 13.1 Å². The molecule has 2 aromatic rings. The third-order valence-electron chi connectivity index (χ3n) is 3.74. The molecule has 100 valence electrons. The van der Waals surface area contributed by atoms with E-state index in [1.165, 1.54) is 21.3 Å². The van der Waals surface area contributed by atoms with Crippen LogP contribution >= 0.6 is 38.9 Å². The zero-order chi connectivity index (χ0) is 13.2. The molecule has 1 aliphatic heterocycles. The molecule has 1 nitrogen and oxygen atoms in total. The van der Waals surface area contributed by atoms with E-state index in [-0.39, 0.29) is 0 Å². The van der Waals surface area contributed by atoms with Gasteiger partial charge in [-0.15, -0.1) is 11.3 Å². The zero-order valence-electron chi connectivity index (χ0n) is 10.4. The van der Waals surface area contributed by atoms with Gasteiger partial charge in [-0.05, 0) is 58.0 Å². The molecule has 0 radical (unpaired) electrons. The smallest absolute Gasteiger partial charge is 0.0408 e. The summed E-state index contributed by atoms with van der Waals surface area (Å²) in [5, 5.41) is 6.50. The maximum Gasteiger partial charge on any atom is 0.0408 e. The van der Waals surface area contributed by atoms with Gasteiger partial charge < -0.3 is 5.32 Å². The van der Waals surface area contributed by atoms with Gasteiger partial charge in [0.15, 0.2) is 0 Å². The standard InChI is InChI=1S/C15H15BrClNS/c16-14-5-7-19-15(14)12-4-6-18-9-13(12)10-2-1-3-11(17)8-10/h1-3,5,7-8,12-13,18H,4,6,9H2. The van der Waals surface area contributed by atoms with Gasteiger partial charge in [0, 0.05) is 32.8 Å². The Hall–Kier alpha value is -0.350. The van der Waals surface area contributed by atoms with Crippen LogP contribution in [0.15, 0.2) is 40.2 Å². The molecule has 2 heterocycles. The van der Waals surface area contributed by atoms with Crippen LogP contribution in [0.4, 0.5) is 0 Å². The number of nitrogens with one attached hydrogen (secondary N) is 1. The van der Waals surface area contributed by atoms with Gasteiger partial charge in [0.05, 0.1) is 0 Å². The summed E-state index contributed by atoms with van der Waals surface area (Å²) >= 11 is 11.7. The van der Waals surface area contributed by atoms with E-state index in [0.717, 1.165) is 18.1 Å². The molecule has 4 heteroatoms. The second-order valence-corrected chi connectivity index (χ2v) is 7.13. The minimum Gasteiger partial charge on any atom is -0.316 e. The topological polar surface area (TPSA) is 12.0 Å². The van der Waals surface area contributed by atoms with Crippen LogP contribution < -0.4 is 5.32 Å². The molecule has 1 aromatic heterocycles. The van der Waals surface area contributed by atoms with E-state index in [1.54, 1.807) is 0 Å². The number of piperidine rings is 1. The summed E-state index contributed by atoms with van der Waals surface area (Å²) in [6.45, 7) is 2.11. The van der Waals surface area contributed by atoms with Crippen LogP contribution in [0.2, 0.25) is 5.02 Å². The molecule has 1 aromatic carbocycles. The first kappa shape index (κ1) is 13.6. The Morgan fingerprint density at radius 2 is 2.16 bits per heavy atom. The van der Waals surface area contributed by atoms with Gasteiger partial charge in [-0.2, -0.15) is 0 Å². The van der Waals surface area contributed by atoms with Crippen molar-refractivity contribution >= 4 is 38.9 Å². The summed E-state index contributed by atoms with van der Waals surface area (Å²) in [7, 11) is 0. The van der Waals surface area contributed by atoms with Crippen molar-refractivity contribution in [3.63, 3.8) is 0 Å². The van der Waals surface area contributed by atoms with Crippen molar-refractivity contribution in [2.24, 2.45) is 0 Å². The number of hydrogen-bond donors (Lipinski definition) is 1. The predicted molar refractivity (Wildman–Crippen MR) is 86.4 cm³/mol. The number of thiophene rings is 1. The lowest BCUT2D eigenvalue weighted by atomic mass is 9.80. The molecular formula is C15H15BrClNS. The summed E-state index contributed by atoms with van der Waals surface area (Å²) in [5.41, 5.74) is 1.34. The monoisotopic (exact) mass is 355 g/mol. The molecule has 1 saturated heterocycles. The first-order valence-corrected chi connectivity index (χ1v) is 8.50. The molecule has 0 saturated carbocycles. The highest BCUT2D eigenvalue weighted by molar-refractivity contribution is 9.10. The first-order valence-electron chi connectivity index (χ1n) is 6.45. The first-order chi connectivity index (χ1) is 9.25. The molecule has 0 amide bonds. The van der Waals surface area contributed by atoms with Crippen LogP contribution in [0.1, 0.15) is 28.7 Å². The maximum absolute atomic E-state index is 6.14. The molecule has 3 rings (SSSR count). The molecule has 0 aliphatic carbocycles. The third kappa shape index (κ3) is 2.89. The Morgan fingerprint density at radius 3 is 2.89 bits per heavy atom. The molecule has 1 fully saturated rings. The SMILES string of the molecule is Clc1cccc(C2CNCCC2c2sccc2Br)c1. The Kier molecular flexibility index (Phi) is 4.27. The maximum atomic E-state index is 6.14. The van der Waals surface area contributed by atoms with E-state index in [2.05, 4.69) is 44.8 Å². The van der Waals surface area contributed by atoms with E-state index in [4.69, 9.17) is 11.6 Å². The van der Waals surface area contributed by atoms with Gasteiger partial charge in [0.2, 0.25) is 0 Å². The van der Waals surface area contributed by atoms with Crippen LogP contribution in [0.5, 0.6) is 0 Å². The van der Waals surface area contributed by atoms with Crippen LogP contribution in [0.25, 0.3) is 0 Å². The quantitative estimate of drug-likeness (QED) is 0.796. The second kappa shape index (κ2) is 5.96.